The van der Waals surface area contributed by atoms with E-state index in [1.54, 1.807) is 24.3 Å². The highest BCUT2D eigenvalue weighted by atomic mass is 16.5. The smallest absolute Gasteiger partial charge is 0.335 e. The molecule has 0 bridgehead atoms. The third-order valence-corrected chi connectivity index (χ3v) is 1.13. The number of hydrogen-bond donors (Lipinski definition) is 0. The average molecular weight is 207 g/mol. The Labute approximate surface area is 91.0 Å². The van der Waals surface area contributed by atoms with Crippen LogP contribution in [0, 0.1) is 0 Å². The summed E-state index contributed by atoms with van der Waals surface area (Å²) in [6.07, 6.45) is 1.13. The maximum atomic E-state index is 10.6. The lowest BCUT2D eigenvalue weighted by molar-refractivity contribution is -0.128. The quantitative estimate of drug-likeness (QED) is 0.422. The van der Waals surface area contributed by atoms with E-state index in [1.165, 1.54) is 0 Å². The zero-order valence-electron chi connectivity index (χ0n) is 9.43. The topological polar surface area (TPSA) is 29.5 Å². The molecule has 82 valence electrons. The first kappa shape index (κ1) is 13.4. The number of carbonyl (C=O) groups is 1. The van der Waals surface area contributed by atoms with E-state index < -0.39 is 5.97 Å². The second-order valence-electron chi connectivity index (χ2n) is 3.28. The Balaban J connectivity index is 0.000000423. The highest BCUT2D eigenvalue weighted by Gasteiger charge is 1.95. The van der Waals surface area contributed by atoms with Crippen molar-refractivity contribution in [2.45, 2.75) is 0 Å². The molecule has 0 spiro atoms. The van der Waals surface area contributed by atoms with Crippen LogP contribution in [-0.4, -0.2) is 32.0 Å². The third-order valence-electron chi connectivity index (χ3n) is 1.13. The number of para-hydroxylation sites is 1. The molecule has 3 nitrogen and oxygen atoms in total. The second kappa shape index (κ2) is 7.76. The molecular weight excluding hydrogens is 190 g/mol. The summed E-state index contributed by atoms with van der Waals surface area (Å²) in [7, 11) is 6.00. The summed E-state index contributed by atoms with van der Waals surface area (Å²) in [6, 6.07) is 8.87. The molecule has 0 saturated heterocycles. The molecular formula is C12H17NO2. The van der Waals surface area contributed by atoms with Crippen LogP contribution >= 0.6 is 0 Å². The lowest BCUT2D eigenvalue weighted by Crippen LogP contribution is -2.02. The predicted octanol–water partition coefficient (Wildman–Crippen LogP) is 1.96. The third kappa shape index (κ3) is 8.71. The average Bonchev–Trinajstić information content (AvgIpc) is 2.18. The number of ether oxygens (including phenoxy) is 1. The Morgan fingerprint density at radius 1 is 1.27 bits per heavy atom. The van der Waals surface area contributed by atoms with Crippen LogP contribution < -0.4 is 4.74 Å². The van der Waals surface area contributed by atoms with Crippen LogP contribution in [0.15, 0.2) is 43.0 Å². The number of rotatable bonds is 2. The number of esters is 1. The molecule has 1 aromatic carbocycles. The molecule has 0 aliphatic rings. The molecule has 3 heteroatoms. The Hall–Kier alpha value is -1.61. The van der Waals surface area contributed by atoms with Crippen LogP contribution in [0.4, 0.5) is 0 Å². The molecule has 1 rings (SSSR count). The number of hydrogen-bond acceptors (Lipinski definition) is 3. The van der Waals surface area contributed by atoms with E-state index in [1.807, 2.05) is 32.1 Å². The van der Waals surface area contributed by atoms with Crippen LogP contribution in [0.25, 0.3) is 0 Å². The van der Waals surface area contributed by atoms with Gasteiger partial charge in [-0.1, -0.05) is 24.8 Å². The van der Waals surface area contributed by atoms with Crippen molar-refractivity contribution in [1.29, 1.82) is 0 Å². The van der Waals surface area contributed by atoms with Gasteiger partial charge in [0.15, 0.2) is 0 Å². The minimum atomic E-state index is -0.434. The minimum absolute atomic E-state index is 0.434. The second-order valence-corrected chi connectivity index (χ2v) is 3.28. The van der Waals surface area contributed by atoms with Crippen LogP contribution in [-0.2, 0) is 4.79 Å². The van der Waals surface area contributed by atoms with Crippen molar-refractivity contribution in [2.24, 2.45) is 0 Å². The van der Waals surface area contributed by atoms with Gasteiger partial charge in [-0.2, -0.15) is 0 Å². The first-order chi connectivity index (χ1) is 7.06. The Bertz CT molecular complexity index is 291. The monoisotopic (exact) mass is 207 g/mol. The fourth-order valence-electron chi connectivity index (χ4n) is 0.646. The summed E-state index contributed by atoms with van der Waals surface area (Å²) in [5, 5.41) is 0. The molecule has 0 amide bonds. The number of nitrogens with zero attached hydrogens (tertiary/aromatic N) is 1. The van der Waals surface area contributed by atoms with Crippen molar-refractivity contribution in [2.75, 3.05) is 21.1 Å². The molecule has 0 aliphatic heterocycles. The lowest BCUT2D eigenvalue weighted by Gasteiger charge is -1.98. The van der Waals surface area contributed by atoms with Gasteiger partial charge in [-0.3, -0.25) is 0 Å². The normalized spacial score (nSPS) is 8.80. The van der Waals surface area contributed by atoms with E-state index in [4.69, 9.17) is 4.74 Å². The van der Waals surface area contributed by atoms with Gasteiger partial charge in [-0.15, -0.1) is 0 Å². The van der Waals surface area contributed by atoms with Gasteiger partial charge < -0.3 is 9.64 Å². The molecule has 15 heavy (non-hydrogen) atoms. The Kier molecular flexibility index (Phi) is 6.93. The molecule has 1 aromatic rings. The summed E-state index contributed by atoms with van der Waals surface area (Å²) in [6.45, 7) is 3.28. The summed E-state index contributed by atoms with van der Waals surface area (Å²) < 4.78 is 4.81. The fraction of sp³-hybridized carbons (Fsp3) is 0.250. The maximum Gasteiger partial charge on any atom is 0.335 e. The molecule has 0 saturated carbocycles. The molecule has 0 fully saturated rings. The van der Waals surface area contributed by atoms with Crippen LogP contribution in [0.2, 0.25) is 0 Å². The van der Waals surface area contributed by atoms with Gasteiger partial charge in [0.05, 0.1) is 0 Å². The first-order valence-corrected chi connectivity index (χ1v) is 4.56. The van der Waals surface area contributed by atoms with E-state index >= 15 is 0 Å². The highest BCUT2D eigenvalue weighted by Crippen LogP contribution is 2.07. The van der Waals surface area contributed by atoms with Gasteiger partial charge >= 0.3 is 5.97 Å². The van der Waals surface area contributed by atoms with Crippen molar-refractivity contribution < 1.29 is 9.53 Å². The predicted molar refractivity (Wildman–Crippen MR) is 61.9 cm³/mol. The van der Waals surface area contributed by atoms with Gasteiger partial charge in [0.1, 0.15) is 5.75 Å². The largest absolute Gasteiger partial charge is 0.423 e. The van der Waals surface area contributed by atoms with Crippen molar-refractivity contribution in [3.63, 3.8) is 0 Å². The molecule has 0 radical (unpaired) electrons. The van der Waals surface area contributed by atoms with Gasteiger partial charge in [-0.05, 0) is 33.3 Å². The van der Waals surface area contributed by atoms with Crippen LogP contribution in [0.3, 0.4) is 0 Å². The number of carbonyl (C=O) groups excluding carboxylic acids is 1. The van der Waals surface area contributed by atoms with Crippen LogP contribution in [0.5, 0.6) is 5.75 Å². The Morgan fingerprint density at radius 3 is 2.13 bits per heavy atom. The SMILES string of the molecule is C=CC(=O)Oc1ccccc1.CN(C)C. The summed E-state index contributed by atoms with van der Waals surface area (Å²) in [4.78, 5) is 12.6. The summed E-state index contributed by atoms with van der Waals surface area (Å²) >= 11 is 0. The van der Waals surface area contributed by atoms with Crippen molar-refractivity contribution >= 4 is 5.97 Å². The molecule has 0 aliphatic carbocycles. The van der Waals surface area contributed by atoms with E-state index in [-0.39, 0.29) is 0 Å². The number of benzene rings is 1. The summed E-state index contributed by atoms with van der Waals surface area (Å²) in [5.41, 5.74) is 0. The van der Waals surface area contributed by atoms with E-state index in [9.17, 15) is 4.79 Å². The molecule has 0 N–H and O–H groups in total. The van der Waals surface area contributed by atoms with E-state index in [2.05, 4.69) is 6.58 Å². The van der Waals surface area contributed by atoms with Gasteiger partial charge in [-0.25, -0.2) is 4.79 Å². The lowest BCUT2D eigenvalue weighted by atomic mass is 10.3. The first-order valence-electron chi connectivity index (χ1n) is 4.56. The van der Waals surface area contributed by atoms with E-state index in [0.717, 1.165) is 6.08 Å². The molecule has 0 unspecified atom stereocenters. The van der Waals surface area contributed by atoms with Crippen molar-refractivity contribution in [1.82, 2.24) is 4.90 Å². The minimum Gasteiger partial charge on any atom is -0.423 e. The highest BCUT2D eigenvalue weighted by molar-refractivity contribution is 5.83. The maximum absolute atomic E-state index is 10.6. The molecule has 0 atom stereocenters. The molecule has 0 heterocycles. The van der Waals surface area contributed by atoms with Crippen molar-refractivity contribution in [3.8, 4) is 5.75 Å². The van der Waals surface area contributed by atoms with Crippen molar-refractivity contribution in [3.05, 3.63) is 43.0 Å². The van der Waals surface area contributed by atoms with Gasteiger partial charge in [0, 0.05) is 6.08 Å². The van der Waals surface area contributed by atoms with Crippen LogP contribution in [0.1, 0.15) is 0 Å². The fourth-order valence-corrected chi connectivity index (χ4v) is 0.646. The van der Waals surface area contributed by atoms with Gasteiger partial charge in [0.2, 0.25) is 0 Å². The zero-order chi connectivity index (χ0) is 11.7. The molecule has 0 aromatic heterocycles. The standard InChI is InChI=1S/C9H8O2.C3H9N/c1-2-9(10)11-8-6-4-3-5-7-8;1-4(2)3/h2-7H,1H2;1-3H3. The summed E-state index contributed by atoms with van der Waals surface area (Å²) in [5.74, 6) is 0.105. The zero-order valence-corrected chi connectivity index (χ0v) is 9.43. The van der Waals surface area contributed by atoms with E-state index in [0.29, 0.717) is 5.75 Å². The van der Waals surface area contributed by atoms with Gasteiger partial charge in [0.25, 0.3) is 0 Å². The Morgan fingerprint density at radius 2 is 1.73 bits per heavy atom.